The van der Waals surface area contributed by atoms with Crippen molar-refractivity contribution in [2.24, 2.45) is 0 Å². The molecule has 1 aliphatic heterocycles. The molecule has 20 heavy (non-hydrogen) atoms. The lowest BCUT2D eigenvalue weighted by atomic mass is 10.2. The van der Waals surface area contributed by atoms with Crippen LogP contribution in [0.15, 0.2) is 12.1 Å². The minimum Gasteiger partial charge on any atom is -0.396 e. The van der Waals surface area contributed by atoms with Crippen LogP contribution in [0.2, 0.25) is 10.0 Å². The summed E-state index contributed by atoms with van der Waals surface area (Å²) in [4.78, 5) is 1.95. The highest BCUT2D eigenvalue weighted by Gasteiger charge is 2.30. The van der Waals surface area contributed by atoms with Gasteiger partial charge in [0.05, 0.1) is 15.7 Å². The Hall–Kier alpha value is -0.140. The van der Waals surface area contributed by atoms with Crippen molar-refractivity contribution < 1.29 is 8.42 Å². The lowest BCUT2D eigenvalue weighted by Crippen LogP contribution is -2.46. The van der Waals surface area contributed by atoms with Gasteiger partial charge in [-0.15, -0.1) is 0 Å². The van der Waals surface area contributed by atoms with E-state index in [1.165, 1.54) is 6.26 Å². The zero-order valence-electron chi connectivity index (χ0n) is 11.0. The fourth-order valence-electron chi connectivity index (χ4n) is 2.15. The summed E-state index contributed by atoms with van der Waals surface area (Å²) in [6, 6.07) is 3.48. The highest BCUT2D eigenvalue weighted by Crippen LogP contribution is 2.30. The third kappa shape index (κ3) is 3.74. The van der Waals surface area contributed by atoms with E-state index in [4.69, 9.17) is 28.9 Å². The molecule has 1 unspecified atom stereocenters. The Kier molecular flexibility index (Phi) is 5.13. The van der Waals surface area contributed by atoms with Gasteiger partial charge in [0.2, 0.25) is 0 Å². The standard InChI is InChI=1S/C12H16Cl2N2O2S2/c1-20(17,18)11-7-19-3-2-16(11)6-8-4-9(13)12(15)10(14)5-8/h4-5,11H,2-3,6-7,15H2,1H3. The molecule has 0 amide bonds. The van der Waals surface area contributed by atoms with Crippen LogP contribution in [0.5, 0.6) is 0 Å². The third-order valence-corrected chi connectivity index (χ3v) is 6.52. The number of hydrogen-bond donors (Lipinski definition) is 1. The molecule has 1 fully saturated rings. The summed E-state index contributed by atoms with van der Waals surface area (Å²) in [5.41, 5.74) is 6.93. The van der Waals surface area contributed by atoms with Crippen molar-refractivity contribution in [2.45, 2.75) is 11.9 Å². The first-order chi connectivity index (χ1) is 9.29. The highest BCUT2D eigenvalue weighted by atomic mass is 35.5. The van der Waals surface area contributed by atoms with Gasteiger partial charge in [-0.3, -0.25) is 4.90 Å². The molecule has 0 bridgehead atoms. The molecule has 4 nitrogen and oxygen atoms in total. The molecule has 8 heteroatoms. The van der Waals surface area contributed by atoms with E-state index in [0.29, 0.717) is 28.0 Å². The summed E-state index contributed by atoms with van der Waals surface area (Å²) in [6.45, 7) is 1.22. The second kappa shape index (κ2) is 6.32. The molecule has 112 valence electrons. The number of rotatable bonds is 3. The molecular weight excluding hydrogens is 339 g/mol. The highest BCUT2D eigenvalue weighted by molar-refractivity contribution is 8.00. The Balaban J connectivity index is 2.23. The lowest BCUT2D eigenvalue weighted by molar-refractivity contribution is 0.262. The summed E-state index contributed by atoms with van der Waals surface area (Å²) in [5.74, 6) is 1.51. The summed E-state index contributed by atoms with van der Waals surface area (Å²) >= 11 is 13.7. The Labute approximate surface area is 133 Å². The first-order valence-corrected chi connectivity index (χ1v) is 9.89. The minimum absolute atomic E-state index is 0.353. The maximum atomic E-state index is 11.8. The van der Waals surface area contributed by atoms with Crippen LogP contribution in [0.3, 0.4) is 0 Å². The van der Waals surface area contributed by atoms with E-state index in [1.807, 2.05) is 4.90 Å². The number of benzene rings is 1. The fraction of sp³-hybridized carbons (Fsp3) is 0.500. The van der Waals surface area contributed by atoms with Crippen LogP contribution in [0.4, 0.5) is 5.69 Å². The third-order valence-electron chi connectivity index (χ3n) is 3.21. The normalized spacial score (nSPS) is 21.1. The van der Waals surface area contributed by atoms with Crippen molar-refractivity contribution in [2.75, 3.05) is 30.0 Å². The zero-order chi connectivity index (χ0) is 14.9. The second-order valence-corrected chi connectivity index (χ2v) is 8.97. The van der Waals surface area contributed by atoms with Crippen LogP contribution >= 0.6 is 35.0 Å². The van der Waals surface area contributed by atoms with Gasteiger partial charge in [0.15, 0.2) is 9.84 Å². The van der Waals surface area contributed by atoms with Crippen molar-refractivity contribution in [1.29, 1.82) is 0 Å². The molecule has 0 aliphatic carbocycles. The number of nitrogens with two attached hydrogens (primary N) is 1. The SMILES string of the molecule is CS(=O)(=O)C1CSCCN1Cc1cc(Cl)c(N)c(Cl)c1. The van der Waals surface area contributed by atoms with Crippen molar-refractivity contribution in [3.05, 3.63) is 27.7 Å². The van der Waals surface area contributed by atoms with E-state index < -0.39 is 15.2 Å². The van der Waals surface area contributed by atoms with Gasteiger partial charge in [-0.25, -0.2) is 8.42 Å². The predicted octanol–water partition coefficient (Wildman–Crippen LogP) is 2.50. The van der Waals surface area contributed by atoms with Gasteiger partial charge >= 0.3 is 0 Å². The van der Waals surface area contributed by atoms with Gasteiger partial charge in [0.25, 0.3) is 0 Å². The average molecular weight is 355 g/mol. The molecule has 1 heterocycles. The molecule has 0 spiro atoms. The van der Waals surface area contributed by atoms with Crippen molar-refractivity contribution in [1.82, 2.24) is 4.90 Å². The molecule has 1 saturated heterocycles. The van der Waals surface area contributed by atoms with Crippen molar-refractivity contribution in [3.63, 3.8) is 0 Å². The summed E-state index contributed by atoms with van der Waals surface area (Å²) in [7, 11) is -3.11. The van der Waals surface area contributed by atoms with Gasteiger partial charge in [-0.05, 0) is 17.7 Å². The number of nitrogens with zero attached hydrogens (tertiary/aromatic N) is 1. The number of nitrogen functional groups attached to an aromatic ring is 1. The average Bonchev–Trinajstić information content (AvgIpc) is 2.35. The number of sulfone groups is 1. The van der Waals surface area contributed by atoms with Crippen LogP contribution in [-0.2, 0) is 16.4 Å². The predicted molar refractivity (Wildman–Crippen MR) is 87.2 cm³/mol. The molecule has 1 aromatic carbocycles. The number of anilines is 1. The van der Waals surface area contributed by atoms with E-state index in [2.05, 4.69) is 0 Å². The summed E-state index contributed by atoms with van der Waals surface area (Å²) < 4.78 is 23.7. The Morgan fingerprint density at radius 1 is 1.40 bits per heavy atom. The smallest absolute Gasteiger partial charge is 0.164 e. The van der Waals surface area contributed by atoms with Gasteiger partial charge in [0, 0.05) is 30.9 Å². The van der Waals surface area contributed by atoms with E-state index >= 15 is 0 Å². The first kappa shape index (κ1) is 16.2. The van der Waals surface area contributed by atoms with Gasteiger partial charge in [-0.2, -0.15) is 11.8 Å². The Morgan fingerprint density at radius 3 is 2.55 bits per heavy atom. The van der Waals surface area contributed by atoms with Crippen LogP contribution in [0, 0.1) is 0 Å². The van der Waals surface area contributed by atoms with Crippen molar-refractivity contribution >= 4 is 50.5 Å². The molecule has 0 aromatic heterocycles. The fourth-order valence-corrected chi connectivity index (χ4v) is 5.63. The topological polar surface area (TPSA) is 63.4 Å². The van der Waals surface area contributed by atoms with E-state index in [0.717, 1.165) is 17.9 Å². The molecule has 0 saturated carbocycles. The van der Waals surface area contributed by atoms with Crippen LogP contribution in [-0.4, -0.2) is 43.0 Å². The van der Waals surface area contributed by atoms with Crippen molar-refractivity contribution in [3.8, 4) is 0 Å². The largest absolute Gasteiger partial charge is 0.396 e. The molecule has 1 aromatic rings. The van der Waals surface area contributed by atoms with Gasteiger partial charge < -0.3 is 5.73 Å². The second-order valence-electron chi connectivity index (χ2n) is 4.80. The lowest BCUT2D eigenvalue weighted by Gasteiger charge is -2.34. The monoisotopic (exact) mass is 354 g/mol. The van der Waals surface area contributed by atoms with Crippen LogP contribution in [0.25, 0.3) is 0 Å². The number of hydrogen-bond acceptors (Lipinski definition) is 5. The van der Waals surface area contributed by atoms with E-state index in [1.54, 1.807) is 23.9 Å². The molecule has 1 atom stereocenters. The summed E-state index contributed by atoms with van der Waals surface area (Å²) in [6.07, 6.45) is 1.28. The Bertz CT molecular complexity index is 584. The maximum Gasteiger partial charge on any atom is 0.164 e. The number of halogens is 2. The minimum atomic E-state index is -3.11. The van der Waals surface area contributed by atoms with Gasteiger partial charge in [0.1, 0.15) is 5.37 Å². The first-order valence-electron chi connectivity index (χ1n) is 6.03. The van der Waals surface area contributed by atoms with Crippen LogP contribution < -0.4 is 5.73 Å². The number of thioether (sulfide) groups is 1. The molecule has 0 radical (unpaired) electrons. The van der Waals surface area contributed by atoms with Crippen LogP contribution in [0.1, 0.15) is 5.56 Å². The summed E-state index contributed by atoms with van der Waals surface area (Å²) in [5, 5.41) is 0.334. The van der Waals surface area contributed by atoms with E-state index in [9.17, 15) is 8.42 Å². The molecule has 2 rings (SSSR count). The maximum absolute atomic E-state index is 11.8. The van der Waals surface area contributed by atoms with E-state index in [-0.39, 0.29) is 0 Å². The molecular formula is C12H16Cl2N2O2S2. The Morgan fingerprint density at radius 2 is 2.00 bits per heavy atom. The zero-order valence-corrected chi connectivity index (χ0v) is 14.1. The molecule has 2 N–H and O–H groups in total. The quantitative estimate of drug-likeness (QED) is 0.844. The van der Waals surface area contributed by atoms with Gasteiger partial charge in [-0.1, -0.05) is 23.2 Å². The molecule has 1 aliphatic rings.